The smallest absolute Gasteiger partial charge is 0.414 e. The molecule has 272 valence electrons. The van der Waals surface area contributed by atoms with Gasteiger partial charge in [-0.05, 0) is 76.9 Å². The van der Waals surface area contributed by atoms with Gasteiger partial charge in [0.15, 0.2) is 5.60 Å². The van der Waals surface area contributed by atoms with Crippen molar-refractivity contribution >= 4 is 31.8 Å². The van der Waals surface area contributed by atoms with Gasteiger partial charge in [0, 0.05) is 42.0 Å². The highest BCUT2D eigenvalue weighted by atomic mass is 28.4. The van der Waals surface area contributed by atoms with Crippen molar-refractivity contribution in [2.24, 2.45) is 5.92 Å². The number of benzene rings is 2. The fourth-order valence-electron chi connectivity index (χ4n) is 8.12. The number of aliphatic hydroxyl groups excluding tert-OH is 1. The van der Waals surface area contributed by atoms with E-state index in [0.717, 1.165) is 18.4 Å². The maximum Gasteiger partial charge on any atom is 0.414 e. The molecule has 1 N–H and O–H groups in total. The van der Waals surface area contributed by atoms with Crippen LogP contribution in [0.3, 0.4) is 0 Å². The van der Waals surface area contributed by atoms with Gasteiger partial charge in [0.1, 0.15) is 6.61 Å². The number of aryl methyl sites for hydroxylation is 1. The number of anilines is 2. The largest absolute Gasteiger partial charge is 0.447 e. The molecule has 5 atom stereocenters. The summed E-state index contributed by atoms with van der Waals surface area (Å²) in [6.07, 6.45) is 7.34. The highest BCUT2D eigenvalue weighted by Crippen LogP contribution is 2.60. The normalized spacial score (nSPS) is 24.0. The highest BCUT2D eigenvalue weighted by molar-refractivity contribution is 6.72. The molecule has 1 aromatic heterocycles. The van der Waals surface area contributed by atoms with Crippen molar-refractivity contribution in [1.29, 1.82) is 0 Å². The lowest BCUT2D eigenvalue weighted by molar-refractivity contribution is -0.145. The molecule has 0 bridgehead atoms. The molecule has 0 radical (unpaired) electrons. The number of rotatable bonds is 13. The van der Waals surface area contributed by atoms with E-state index in [2.05, 4.69) is 43.2 Å². The Morgan fingerprint density at radius 1 is 1.14 bits per heavy atom. The van der Waals surface area contributed by atoms with Crippen LogP contribution in [0.5, 0.6) is 0 Å². The fraction of sp³-hybridized carbons (Fsp3) is 0.487. The lowest BCUT2D eigenvalue weighted by Crippen LogP contribution is -2.45. The zero-order valence-corrected chi connectivity index (χ0v) is 31.5. The molecule has 51 heavy (non-hydrogen) atoms. The number of ether oxygens (including phenoxy) is 2. The first-order valence-electron chi connectivity index (χ1n) is 18.0. The summed E-state index contributed by atoms with van der Waals surface area (Å²) in [5, 5.41) is 18.9. The number of hydrogen-bond acceptors (Lipinski definition) is 7. The third-order valence-electron chi connectivity index (χ3n) is 10.7. The number of allylic oxidation sites excluding steroid dienone is 3. The molecule has 6 rings (SSSR count). The first-order valence-corrected chi connectivity index (χ1v) is 20.9. The first-order chi connectivity index (χ1) is 24.3. The van der Waals surface area contributed by atoms with Gasteiger partial charge in [0.25, 0.3) is 5.91 Å². The molecular formula is C39H50FN5O5Si. The second-order valence-corrected chi connectivity index (χ2v) is 18.7. The molecule has 1 spiro atoms. The summed E-state index contributed by atoms with van der Waals surface area (Å²) in [4.78, 5) is 30.8. The van der Waals surface area contributed by atoms with E-state index in [4.69, 9.17) is 9.47 Å². The number of carbonyl (C=O) groups excluding carboxylic acids is 2. The Hall–Kier alpha value is -4.13. The van der Waals surface area contributed by atoms with Gasteiger partial charge in [-0.1, -0.05) is 65.8 Å². The van der Waals surface area contributed by atoms with Crippen LogP contribution in [0, 0.1) is 5.92 Å². The Morgan fingerprint density at radius 3 is 2.57 bits per heavy atom. The summed E-state index contributed by atoms with van der Waals surface area (Å²) in [5.74, 6) is -1.000. The van der Waals surface area contributed by atoms with E-state index in [1.165, 1.54) is 11.1 Å². The molecule has 3 aliphatic rings. The molecular weight excluding hydrogens is 666 g/mol. The van der Waals surface area contributed by atoms with E-state index < -0.39 is 37.7 Å². The number of nitrogens with zero attached hydrogens (tertiary/aromatic N) is 5. The predicted molar refractivity (Wildman–Crippen MR) is 198 cm³/mol. The maximum absolute atomic E-state index is 16.5. The second-order valence-electron chi connectivity index (χ2n) is 14.9. The van der Waals surface area contributed by atoms with Gasteiger partial charge in [-0.2, -0.15) is 0 Å². The number of fused-ring (bicyclic) bond motifs is 2. The maximum atomic E-state index is 16.5. The lowest BCUT2D eigenvalue weighted by Gasteiger charge is -2.31. The zero-order chi connectivity index (χ0) is 36.5. The number of cyclic esters (lactones) is 1. The minimum atomic E-state index is -3.40. The number of halogens is 1. The quantitative estimate of drug-likeness (QED) is 0.113. The number of carbonyl (C=O) groups is 2. The third kappa shape index (κ3) is 7.18. The summed E-state index contributed by atoms with van der Waals surface area (Å²) in [7, 11) is -3.40. The summed E-state index contributed by atoms with van der Waals surface area (Å²) in [5.41, 5.74) is 4.11. The van der Waals surface area contributed by atoms with Crippen molar-refractivity contribution in [2.45, 2.75) is 89.8 Å². The summed E-state index contributed by atoms with van der Waals surface area (Å²) < 4.78 is 30.4. The monoisotopic (exact) mass is 715 g/mol. The van der Waals surface area contributed by atoms with Crippen LogP contribution in [0.4, 0.5) is 20.3 Å². The Balaban J connectivity index is 1.32. The van der Waals surface area contributed by atoms with Crippen molar-refractivity contribution in [3.05, 3.63) is 94.8 Å². The molecule has 3 aliphatic heterocycles. The number of amides is 2. The van der Waals surface area contributed by atoms with Crippen LogP contribution >= 0.6 is 0 Å². The Labute approximate surface area is 301 Å². The van der Waals surface area contributed by atoms with Gasteiger partial charge in [-0.15, -0.1) is 5.10 Å². The van der Waals surface area contributed by atoms with Crippen molar-refractivity contribution in [1.82, 2.24) is 15.0 Å². The molecule has 2 aromatic carbocycles. The molecule has 3 aromatic rings. The van der Waals surface area contributed by atoms with Gasteiger partial charge in [-0.3, -0.25) is 14.4 Å². The molecule has 0 aliphatic carbocycles. The van der Waals surface area contributed by atoms with Crippen LogP contribution in [0.15, 0.2) is 78.0 Å². The average Bonchev–Trinajstić information content (AvgIpc) is 3.85. The minimum Gasteiger partial charge on any atom is -0.447 e. The van der Waals surface area contributed by atoms with Gasteiger partial charge in [-0.25, -0.2) is 4.79 Å². The summed E-state index contributed by atoms with van der Waals surface area (Å²) in [6, 6.07) is 15.3. The molecule has 2 amide bonds. The topological polar surface area (TPSA) is 110 Å². The highest BCUT2D eigenvalue weighted by Gasteiger charge is 2.66. The second kappa shape index (κ2) is 14.8. The average molecular weight is 716 g/mol. The molecule has 1 unspecified atom stereocenters. The lowest BCUT2D eigenvalue weighted by atomic mass is 9.82. The summed E-state index contributed by atoms with van der Waals surface area (Å²) in [6.45, 7) is 12.9. The Bertz CT molecular complexity index is 1800. The number of aromatic nitrogens is 3. The van der Waals surface area contributed by atoms with Gasteiger partial charge in [0.2, 0.25) is 8.41 Å². The molecule has 2 fully saturated rings. The SMILES string of the molecule is CC(C)=CCC/C(C)=C/CN1C(=O)[C@]2(O[C@H](CCn3cc(C(CO)c4ccccc4)nn3)[C@@H]([Si](C)(C)F)[C@@H]2C)c2cc(N3CCOC3=O)ccc21. The Kier molecular flexibility index (Phi) is 10.7. The number of hydrogen-bond donors (Lipinski definition) is 1. The van der Waals surface area contributed by atoms with Gasteiger partial charge >= 0.3 is 6.09 Å². The van der Waals surface area contributed by atoms with Crippen molar-refractivity contribution in [3.8, 4) is 0 Å². The predicted octanol–water partition coefficient (Wildman–Crippen LogP) is 7.26. The standard InChI is InChI=1S/C39H50FN5O5Si/c1-26(2)11-10-12-27(3)17-20-45-34-16-15-30(44-21-22-49-38(44)48)23-32(34)39(37(45)47)28(4)36(51(5,6)40)35(50-39)18-19-43-24-33(41-42-43)31(25-46)29-13-8-7-9-14-29/h7-9,11,13-17,23-24,28,31,35-36,46H,10,12,18-22,25H2,1-6H3/b27-17+/t28-,31?,35+,36-,39+/m0/s1. The van der Waals surface area contributed by atoms with Crippen LogP contribution in [-0.2, 0) is 26.4 Å². The van der Waals surface area contributed by atoms with E-state index in [1.54, 1.807) is 27.6 Å². The van der Waals surface area contributed by atoms with E-state index >= 15 is 4.11 Å². The summed E-state index contributed by atoms with van der Waals surface area (Å²) >= 11 is 0. The zero-order valence-electron chi connectivity index (χ0n) is 30.5. The third-order valence-corrected chi connectivity index (χ3v) is 13.1. The number of aliphatic hydroxyl groups is 1. The fourth-order valence-corrected chi connectivity index (χ4v) is 10.7. The van der Waals surface area contributed by atoms with Gasteiger partial charge in [0.05, 0.1) is 36.6 Å². The van der Waals surface area contributed by atoms with E-state index in [1.807, 2.05) is 61.7 Å². The molecule has 4 heterocycles. The minimum absolute atomic E-state index is 0.114. The van der Waals surface area contributed by atoms with E-state index in [9.17, 15) is 14.7 Å². The molecule has 10 nitrogen and oxygen atoms in total. The van der Waals surface area contributed by atoms with Crippen molar-refractivity contribution < 1.29 is 28.3 Å². The van der Waals surface area contributed by atoms with E-state index in [0.29, 0.717) is 48.7 Å². The van der Waals surface area contributed by atoms with Crippen LogP contribution in [-0.4, -0.2) is 72.9 Å². The molecule has 2 saturated heterocycles. The van der Waals surface area contributed by atoms with Crippen LogP contribution < -0.4 is 9.80 Å². The van der Waals surface area contributed by atoms with Crippen molar-refractivity contribution in [2.75, 3.05) is 36.1 Å². The first kappa shape index (κ1) is 36.7. The molecule has 0 saturated carbocycles. The Morgan fingerprint density at radius 2 is 1.90 bits per heavy atom. The van der Waals surface area contributed by atoms with Crippen LogP contribution in [0.1, 0.15) is 69.7 Å². The van der Waals surface area contributed by atoms with E-state index in [-0.39, 0.29) is 25.0 Å². The van der Waals surface area contributed by atoms with Crippen molar-refractivity contribution in [3.63, 3.8) is 0 Å². The van der Waals surface area contributed by atoms with Crippen LogP contribution in [0.25, 0.3) is 0 Å². The van der Waals surface area contributed by atoms with Crippen LogP contribution in [0.2, 0.25) is 18.6 Å². The van der Waals surface area contributed by atoms with Gasteiger partial charge < -0.3 is 23.6 Å². The molecule has 12 heteroatoms.